The maximum Gasteiger partial charge on any atom is 0.140 e. The lowest BCUT2D eigenvalue weighted by Gasteiger charge is -2.05. The minimum absolute atomic E-state index is 0.494. The van der Waals surface area contributed by atoms with Crippen LogP contribution in [-0.4, -0.2) is 43.0 Å². The van der Waals surface area contributed by atoms with Crippen LogP contribution < -0.4 is 4.84 Å². The molecule has 0 aliphatic heterocycles. The Morgan fingerprint density at radius 3 is 2.64 bits per heavy atom. The average Bonchev–Trinajstić information content (AvgIpc) is 2.69. The van der Waals surface area contributed by atoms with Gasteiger partial charge in [-0.2, -0.15) is 0 Å². The van der Waals surface area contributed by atoms with Gasteiger partial charge in [0, 0.05) is 6.61 Å². The van der Waals surface area contributed by atoms with Crippen molar-refractivity contribution in [2.75, 3.05) is 33.0 Å². The molecule has 0 amide bonds. The lowest BCUT2D eigenvalue weighted by atomic mass is 10.7. The molecular formula is C9H16N2O3. The molecule has 1 aromatic heterocycles. The number of aromatic nitrogens is 2. The van der Waals surface area contributed by atoms with Crippen LogP contribution in [0.15, 0.2) is 18.5 Å². The van der Waals surface area contributed by atoms with Crippen LogP contribution in [0, 0.1) is 0 Å². The molecule has 0 N–H and O–H groups in total. The zero-order valence-corrected chi connectivity index (χ0v) is 8.39. The van der Waals surface area contributed by atoms with Crippen LogP contribution in [0.5, 0.6) is 0 Å². The highest BCUT2D eigenvalue weighted by Gasteiger charge is 1.91. The van der Waals surface area contributed by atoms with E-state index < -0.39 is 0 Å². The van der Waals surface area contributed by atoms with E-state index in [1.807, 2.05) is 6.92 Å². The Hall–Kier alpha value is -1.07. The van der Waals surface area contributed by atoms with E-state index in [1.54, 1.807) is 18.5 Å². The highest BCUT2D eigenvalue weighted by molar-refractivity contribution is 4.74. The summed E-state index contributed by atoms with van der Waals surface area (Å²) >= 11 is 0. The number of hydrogen-bond donors (Lipinski definition) is 0. The van der Waals surface area contributed by atoms with Gasteiger partial charge in [-0.05, 0) is 13.0 Å². The van der Waals surface area contributed by atoms with E-state index in [4.69, 9.17) is 14.3 Å². The summed E-state index contributed by atoms with van der Waals surface area (Å²) in [6.07, 6.45) is 3.40. The molecule has 0 aliphatic rings. The summed E-state index contributed by atoms with van der Waals surface area (Å²) in [4.78, 5) is 6.60. The first-order valence-electron chi connectivity index (χ1n) is 4.72. The van der Waals surface area contributed by atoms with Gasteiger partial charge in [0.1, 0.15) is 6.61 Å². The van der Waals surface area contributed by atoms with Crippen LogP contribution in [-0.2, 0) is 9.47 Å². The van der Waals surface area contributed by atoms with Gasteiger partial charge in [-0.25, -0.2) is 0 Å². The predicted octanol–water partition coefficient (Wildman–Crippen LogP) is 0.365. The van der Waals surface area contributed by atoms with E-state index in [1.165, 1.54) is 4.85 Å². The lowest BCUT2D eigenvalue weighted by molar-refractivity contribution is 0.00358. The van der Waals surface area contributed by atoms with Crippen molar-refractivity contribution in [1.82, 2.24) is 9.94 Å². The number of nitrogens with zero attached hydrogens (tertiary/aromatic N) is 2. The Morgan fingerprint density at radius 1 is 1.14 bits per heavy atom. The monoisotopic (exact) mass is 200 g/mol. The zero-order chi connectivity index (χ0) is 10.1. The molecule has 5 nitrogen and oxygen atoms in total. The van der Waals surface area contributed by atoms with Crippen LogP contribution in [0.4, 0.5) is 0 Å². The third-order valence-corrected chi connectivity index (χ3v) is 1.51. The molecule has 0 saturated carbocycles. The van der Waals surface area contributed by atoms with E-state index in [0.717, 1.165) is 6.61 Å². The van der Waals surface area contributed by atoms with Crippen molar-refractivity contribution >= 4 is 0 Å². The highest BCUT2D eigenvalue weighted by atomic mass is 16.7. The van der Waals surface area contributed by atoms with Gasteiger partial charge in [0.15, 0.2) is 0 Å². The van der Waals surface area contributed by atoms with Crippen molar-refractivity contribution in [3.05, 3.63) is 18.5 Å². The van der Waals surface area contributed by atoms with Crippen molar-refractivity contribution in [2.24, 2.45) is 0 Å². The van der Waals surface area contributed by atoms with Crippen LogP contribution in [0.1, 0.15) is 6.92 Å². The largest absolute Gasteiger partial charge is 0.394 e. The maximum atomic E-state index is 5.24. The fourth-order valence-corrected chi connectivity index (χ4v) is 0.885. The second-order valence-electron chi connectivity index (χ2n) is 2.55. The molecule has 0 radical (unpaired) electrons. The van der Waals surface area contributed by atoms with Crippen LogP contribution in [0.25, 0.3) is 0 Å². The topological polar surface area (TPSA) is 45.5 Å². The Kier molecular flexibility index (Phi) is 5.77. The second kappa shape index (κ2) is 7.34. The fourth-order valence-electron chi connectivity index (χ4n) is 0.885. The Morgan fingerprint density at radius 2 is 1.93 bits per heavy atom. The van der Waals surface area contributed by atoms with Crippen LogP contribution >= 0.6 is 0 Å². The number of hydrogen-bond acceptors (Lipinski definition) is 4. The van der Waals surface area contributed by atoms with E-state index in [9.17, 15) is 0 Å². The zero-order valence-electron chi connectivity index (χ0n) is 8.39. The van der Waals surface area contributed by atoms with Gasteiger partial charge in [-0.1, -0.05) is 0 Å². The average molecular weight is 200 g/mol. The summed E-state index contributed by atoms with van der Waals surface area (Å²) in [5.41, 5.74) is 0. The van der Waals surface area contributed by atoms with E-state index in [2.05, 4.69) is 5.10 Å². The molecule has 1 heterocycles. The third kappa shape index (κ3) is 4.84. The molecule has 14 heavy (non-hydrogen) atoms. The summed E-state index contributed by atoms with van der Waals surface area (Å²) in [5.74, 6) is 0. The van der Waals surface area contributed by atoms with Gasteiger partial charge >= 0.3 is 0 Å². The van der Waals surface area contributed by atoms with Gasteiger partial charge in [-0.3, -0.25) is 0 Å². The molecule has 0 fully saturated rings. The van der Waals surface area contributed by atoms with Gasteiger partial charge < -0.3 is 14.3 Å². The van der Waals surface area contributed by atoms with Gasteiger partial charge in [0.05, 0.1) is 32.2 Å². The molecule has 0 unspecified atom stereocenters. The van der Waals surface area contributed by atoms with E-state index in [-0.39, 0.29) is 0 Å². The molecule has 80 valence electrons. The van der Waals surface area contributed by atoms with Gasteiger partial charge in [0.25, 0.3) is 0 Å². The molecule has 0 atom stereocenters. The van der Waals surface area contributed by atoms with E-state index in [0.29, 0.717) is 26.4 Å². The summed E-state index contributed by atoms with van der Waals surface area (Å²) in [6.45, 7) is 4.98. The standard InChI is InChI=1S/C9H16N2O3/c1-2-12-6-7-13-8-9-14-11-5-3-4-10-11/h3-5H,2,6-9H2,1H3. The first-order valence-corrected chi connectivity index (χ1v) is 4.72. The first kappa shape index (κ1) is 11.0. The van der Waals surface area contributed by atoms with Crippen molar-refractivity contribution in [1.29, 1.82) is 0 Å². The van der Waals surface area contributed by atoms with Crippen molar-refractivity contribution < 1.29 is 14.3 Å². The minimum Gasteiger partial charge on any atom is -0.394 e. The molecule has 0 aliphatic carbocycles. The van der Waals surface area contributed by atoms with E-state index >= 15 is 0 Å². The maximum absolute atomic E-state index is 5.24. The minimum atomic E-state index is 0.494. The summed E-state index contributed by atoms with van der Waals surface area (Å²) in [7, 11) is 0. The Bertz CT molecular complexity index is 214. The molecular weight excluding hydrogens is 184 g/mol. The van der Waals surface area contributed by atoms with Crippen LogP contribution in [0.2, 0.25) is 0 Å². The van der Waals surface area contributed by atoms with Crippen LogP contribution in [0.3, 0.4) is 0 Å². The lowest BCUT2D eigenvalue weighted by Crippen LogP contribution is -2.18. The van der Waals surface area contributed by atoms with Crippen molar-refractivity contribution in [2.45, 2.75) is 6.92 Å². The van der Waals surface area contributed by atoms with Gasteiger partial charge in [-0.15, -0.1) is 9.94 Å². The normalized spacial score (nSPS) is 10.4. The summed E-state index contributed by atoms with van der Waals surface area (Å²) in [6, 6.07) is 1.80. The molecule has 0 saturated heterocycles. The highest BCUT2D eigenvalue weighted by Crippen LogP contribution is 1.81. The molecule has 0 bridgehead atoms. The van der Waals surface area contributed by atoms with Gasteiger partial charge in [0.2, 0.25) is 0 Å². The van der Waals surface area contributed by atoms with Crippen molar-refractivity contribution in [3.8, 4) is 0 Å². The number of rotatable bonds is 8. The summed E-state index contributed by atoms with van der Waals surface area (Å²) < 4.78 is 10.3. The van der Waals surface area contributed by atoms with Crippen molar-refractivity contribution in [3.63, 3.8) is 0 Å². The molecule has 5 heteroatoms. The molecule has 1 rings (SSSR count). The fraction of sp³-hybridized carbons (Fsp3) is 0.667. The molecule has 0 spiro atoms. The number of ether oxygens (including phenoxy) is 2. The third-order valence-electron chi connectivity index (χ3n) is 1.51. The first-order chi connectivity index (χ1) is 6.93. The predicted molar refractivity (Wildman–Crippen MR) is 51.0 cm³/mol. The summed E-state index contributed by atoms with van der Waals surface area (Å²) in [5, 5.41) is 3.88. The Labute approximate surface area is 83.5 Å². The SMILES string of the molecule is CCOCCOCCOn1cccn1. The second-order valence-corrected chi connectivity index (χ2v) is 2.55. The molecule has 1 aromatic rings. The smallest absolute Gasteiger partial charge is 0.140 e. The quantitative estimate of drug-likeness (QED) is 0.568. The molecule has 0 aromatic carbocycles. The Balaban J connectivity index is 1.85.